The summed E-state index contributed by atoms with van der Waals surface area (Å²) in [7, 11) is 0. The number of carbonyl (C=O) groups is 2. The Hall–Kier alpha value is -1.44. The van der Waals surface area contributed by atoms with Crippen LogP contribution in [0.25, 0.3) is 0 Å². The van der Waals surface area contributed by atoms with Crippen LogP contribution in [0, 0.1) is 0 Å². The third-order valence-electron chi connectivity index (χ3n) is 5.83. The number of rotatable bonds is 5. The van der Waals surface area contributed by atoms with Gasteiger partial charge in [0, 0.05) is 24.7 Å². The second-order valence-corrected chi connectivity index (χ2v) is 8.33. The van der Waals surface area contributed by atoms with Crippen molar-refractivity contribution in [2.75, 3.05) is 6.54 Å². The lowest BCUT2D eigenvalue weighted by Crippen LogP contribution is -2.73. The maximum Gasteiger partial charge on any atom is 0.323 e. The Morgan fingerprint density at radius 2 is 2.21 bits per heavy atom. The van der Waals surface area contributed by atoms with Crippen molar-refractivity contribution in [2.24, 2.45) is 0 Å². The molecule has 1 saturated carbocycles. The maximum atomic E-state index is 13.6. The number of nitrogens with zero attached hydrogens (tertiary/aromatic N) is 1. The summed E-state index contributed by atoms with van der Waals surface area (Å²) in [6, 6.07) is 1.35. The number of carboxylic acids is 1. The van der Waals surface area contributed by atoms with Crippen LogP contribution in [0.5, 0.6) is 0 Å². The highest BCUT2D eigenvalue weighted by Crippen LogP contribution is 2.45. The van der Waals surface area contributed by atoms with Gasteiger partial charge in [-0.15, -0.1) is 0 Å². The van der Waals surface area contributed by atoms with E-state index in [1.165, 1.54) is 0 Å². The minimum atomic E-state index is -1.02. The smallest absolute Gasteiger partial charge is 0.323 e. The summed E-state index contributed by atoms with van der Waals surface area (Å²) in [6.45, 7) is 3.26. The van der Waals surface area contributed by atoms with E-state index in [1.54, 1.807) is 11.3 Å². The minimum absolute atomic E-state index is 0.0594. The zero-order valence-electron chi connectivity index (χ0n) is 13.7. The first-order chi connectivity index (χ1) is 11.4. The molecule has 4 rings (SSSR count). The summed E-state index contributed by atoms with van der Waals surface area (Å²) in [5, 5.41) is 20.2. The first kappa shape index (κ1) is 16.1. The third-order valence-corrected chi connectivity index (χ3v) is 6.56. The minimum Gasteiger partial charge on any atom is -0.480 e. The Morgan fingerprint density at radius 1 is 1.42 bits per heavy atom. The molecular weight excluding hydrogens is 326 g/mol. The molecule has 130 valence electrons. The molecule has 2 bridgehead atoms. The molecule has 3 atom stereocenters. The number of thiophene rings is 1. The Labute approximate surface area is 145 Å². The van der Waals surface area contributed by atoms with E-state index in [0.29, 0.717) is 19.5 Å². The van der Waals surface area contributed by atoms with Crippen LogP contribution >= 0.6 is 11.3 Å². The summed E-state index contributed by atoms with van der Waals surface area (Å²) in [5.74, 6) is -1.01. The molecule has 3 aliphatic rings. The van der Waals surface area contributed by atoms with Gasteiger partial charge in [0.25, 0.3) is 0 Å². The number of aliphatic carboxylic acids is 1. The van der Waals surface area contributed by atoms with Gasteiger partial charge in [-0.05, 0) is 55.0 Å². The van der Waals surface area contributed by atoms with Gasteiger partial charge in [0.05, 0.1) is 0 Å². The van der Waals surface area contributed by atoms with Gasteiger partial charge in [-0.1, -0.05) is 0 Å². The van der Waals surface area contributed by atoms with Crippen LogP contribution in [0.15, 0.2) is 16.8 Å². The van der Waals surface area contributed by atoms with Crippen molar-refractivity contribution >= 4 is 23.2 Å². The molecule has 1 aliphatic carbocycles. The van der Waals surface area contributed by atoms with Crippen LogP contribution in [0.4, 0.5) is 0 Å². The van der Waals surface area contributed by atoms with E-state index in [4.69, 9.17) is 0 Å². The zero-order valence-corrected chi connectivity index (χ0v) is 14.6. The molecule has 0 radical (unpaired) electrons. The zero-order chi connectivity index (χ0) is 16.9. The van der Waals surface area contributed by atoms with Crippen molar-refractivity contribution in [3.8, 4) is 0 Å². The second-order valence-electron chi connectivity index (χ2n) is 7.55. The van der Waals surface area contributed by atoms with Gasteiger partial charge in [0.1, 0.15) is 11.6 Å². The molecule has 3 unspecified atom stereocenters. The van der Waals surface area contributed by atoms with Gasteiger partial charge < -0.3 is 15.3 Å². The molecule has 6 nitrogen and oxygen atoms in total. The molecular formula is C17H23N3O3S. The van der Waals surface area contributed by atoms with Gasteiger partial charge in [-0.3, -0.25) is 14.9 Å². The Kier molecular flexibility index (Phi) is 3.71. The van der Waals surface area contributed by atoms with Crippen molar-refractivity contribution in [3.05, 3.63) is 22.4 Å². The number of carbonyl (C=O) groups excluding carboxylic acids is 1. The summed E-state index contributed by atoms with van der Waals surface area (Å²) in [4.78, 5) is 27.3. The first-order valence-electron chi connectivity index (χ1n) is 8.52. The average Bonchev–Trinajstić information content (AvgIpc) is 2.99. The topological polar surface area (TPSA) is 81.7 Å². The molecule has 3 N–H and O–H groups in total. The highest BCUT2D eigenvalue weighted by molar-refractivity contribution is 7.07. The largest absolute Gasteiger partial charge is 0.480 e. The molecule has 1 amide bonds. The van der Waals surface area contributed by atoms with E-state index in [9.17, 15) is 14.7 Å². The van der Waals surface area contributed by atoms with Crippen molar-refractivity contribution in [3.63, 3.8) is 0 Å². The van der Waals surface area contributed by atoms with E-state index < -0.39 is 17.6 Å². The highest BCUT2D eigenvalue weighted by Gasteiger charge is 2.60. The third kappa shape index (κ3) is 2.46. The van der Waals surface area contributed by atoms with Crippen LogP contribution in [-0.4, -0.2) is 51.6 Å². The number of nitrogens with one attached hydrogen (secondary N) is 2. The normalized spacial score (nSPS) is 33.2. The standard InChI is InChI=1S/C17H23N3O3S/c1-16(5-6-16)20(9-11-3-7-24-10-11)15(23)17-4-2-12(19-17)8-18-13(17)14(21)22/h3,7,10,12-13,18-19H,2,4-6,8-9H2,1H3,(H,21,22). The molecule has 2 aliphatic heterocycles. The highest BCUT2D eigenvalue weighted by atomic mass is 32.1. The van der Waals surface area contributed by atoms with Crippen LogP contribution in [0.1, 0.15) is 38.2 Å². The number of amides is 1. The molecule has 1 aromatic heterocycles. The number of hydrogen-bond acceptors (Lipinski definition) is 5. The van der Waals surface area contributed by atoms with Crippen LogP contribution in [-0.2, 0) is 16.1 Å². The van der Waals surface area contributed by atoms with E-state index in [2.05, 4.69) is 22.9 Å². The Balaban J connectivity index is 1.67. The van der Waals surface area contributed by atoms with E-state index in [1.807, 2.05) is 16.3 Å². The summed E-state index contributed by atoms with van der Waals surface area (Å²) in [6.07, 6.45) is 3.38. The van der Waals surface area contributed by atoms with Crippen molar-refractivity contribution in [2.45, 2.75) is 62.3 Å². The van der Waals surface area contributed by atoms with E-state index in [0.717, 1.165) is 24.8 Å². The summed E-state index contributed by atoms with van der Waals surface area (Å²) < 4.78 is 0. The van der Waals surface area contributed by atoms with Crippen molar-refractivity contribution in [1.82, 2.24) is 15.5 Å². The fourth-order valence-corrected chi connectivity index (χ4v) is 4.74. The predicted molar refractivity (Wildman–Crippen MR) is 90.8 cm³/mol. The lowest BCUT2D eigenvalue weighted by Gasteiger charge is -2.44. The fourth-order valence-electron chi connectivity index (χ4n) is 4.08. The molecule has 24 heavy (non-hydrogen) atoms. The first-order valence-corrected chi connectivity index (χ1v) is 9.46. The predicted octanol–water partition coefficient (Wildman–Crippen LogP) is 1.18. The van der Waals surface area contributed by atoms with Gasteiger partial charge in [-0.2, -0.15) is 11.3 Å². The number of carboxylic acid groups (broad SMARTS) is 1. The van der Waals surface area contributed by atoms with Gasteiger partial charge in [0.2, 0.25) is 5.91 Å². The lowest BCUT2D eigenvalue weighted by molar-refractivity contribution is -0.153. The quantitative estimate of drug-likeness (QED) is 0.744. The SMILES string of the molecule is CC1(N(Cc2ccsc2)C(=O)C23CCC(CNC2C(=O)O)N3)CC1. The second kappa shape index (κ2) is 5.54. The van der Waals surface area contributed by atoms with Crippen LogP contribution in [0.2, 0.25) is 0 Å². The van der Waals surface area contributed by atoms with Crippen molar-refractivity contribution < 1.29 is 14.7 Å². The van der Waals surface area contributed by atoms with Gasteiger partial charge >= 0.3 is 5.97 Å². The molecule has 0 spiro atoms. The molecule has 3 fully saturated rings. The fraction of sp³-hybridized carbons (Fsp3) is 0.647. The van der Waals surface area contributed by atoms with E-state index in [-0.39, 0.29) is 17.5 Å². The molecule has 3 heterocycles. The van der Waals surface area contributed by atoms with Crippen LogP contribution < -0.4 is 10.6 Å². The lowest BCUT2D eigenvalue weighted by atomic mass is 9.85. The monoisotopic (exact) mass is 349 g/mol. The van der Waals surface area contributed by atoms with Crippen LogP contribution in [0.3, 0.4) is 0 Å². The number of hydrogen-bond donors (Lipinski definition) is 3. The Bertz CT molecular complexity index is 658. The van der Waals surface area contributed by atoms with Gasteiger partial charge in [-0.25, -0.2) is 0 Å². The van der Waals surface area contributed by atoms with Gasteiger partial charge in [0.15, 0.2) is 0 Å². The molecule has 1 aromatic rings. The average molecular weight is 349 g/mol. The number of fused-ring (bicyclic) bond motifs is 2. The molecule has 2 saturated heterocycles. The van der Waals surface area contributed by atoms with Crippen molar-refractivity contribution in [1.29, 1.82) is 0 Å². The molecule has 0 aromatic carbocycles. The molecule has 7 heteroatoms. The maximum absolute atomic E-state index is 13.6. The number of piperazine rings is 1. The Morgan fingerprint density at radius 3 is 2.83 bits per heavy atom. The summed E-state index contributed by atoms with van der Waals surface area (Å²) >= 11 is 1.62. The summed E-state index contributed by atoms with van der Waals surface area (Å²) in [5.41, 5.74) is -0.0483. The van der Waals surface area contributed by atoms with E-state index >= 15 is 0 Å².